The molecule has 1 aromatic carbocycles. The van der Waals surface area contributed by atoms with Crippen molar-refractivity contribution in [2.24, 2.45) is 4.99 Å². The fraction of sp³-hybridized carbons (Fsp3) is 0.100. The van der Waals surface area contributed by atoms with E-state index in [1.807, 2.05) is 5.43 Å². The molecule has 0 fully saturated rings. The van der Waals surface area contributed by atoms with E-state index in [2.05, 4.69) is 10.4 Å². The molecule has 0 atom stereocenters. The van der Waals surface area contributed by atoms with Gasteiger partial charge in [0.05, 0.1) is 5.71 Å². The van der Waals surface area contributed by atoms with Gasteiger partial charge in [-0.15, -0.1) is 0 Å². The number of carbonyl (C=O) groups excluding carboxylic acids is 2. The summed E-state index contributed by atoms with van der Waals surface area (Å²) in [6.45, 7) is 1.65. The summed E-state index contributed by atoms with van der Waals surface area (Å²) in [5.41, 5.74) is 5.20. The molecule has 1 rings (SSSR count). The van der Waals surface area contributed by atoms with Crippen LogP contribution in [0, 0.1) is 0 Å². The topological polar surface area (TPSA) is 70.6 Å². The summed E-state index contributed by atoms with van der Waals surface area (Å²) in [6.07, 6.45) is 0.345. The number of urea groups is 1. The zero-order valence-corrected chi connectivity index (χ0v) is 9.28. The van der Waals surface area contributed by atoms with E-state index in [9.17, 15) is 9.59 Å². The van der Waals surface area contributed by atoms with Crippen molar-refractivity contribution >= 4 is 29.8 Å². The predicted molar refractivity (Wildman–Crippen MR) is 61.4 cm³/mol. The summed E-state index contributed by atoms with van der Waals surface area (Å²) in [5, 5.41) is 0.514. The molecule has 0 aliphatic carbocycles. The second-order valence-electron chi connectivity index (χ2n) is 2.87. The lowest BCUT2D eigenvalue weighted by Gasteiger charge is -2.03. The van der Waals surface area contributed by atoms with E-state index < -0.39 is 6.03 Å². The molecule has 16 heavy (non-hydrogen) atoms. The van der Waals surface area contributed by atoms with Gasteiger partial charge in [0.1, 0.15) is 0 Å². The van der Waals surface area contributed by atoms with Gasteiger partial charge in [0, 0.05) is 10.6 Å². The number of halogens is 1. The maximum atomic E-state index is 11.1. The molecule has 0 aliphatic rings. The fourth-order valence-electron chi connectivity index (χ4n) is 1.09. The summed E-state index contributed by atoms with van der Waals surface area (Å²) in [7, 11) is 0. The number of amides is 3. The van der Waals surface area contributed by atoms with Crippen molar-refractivity contribution in [2.75, 3.05) is 0 Å². The molecule has 6 heteroatoms. The highest BCUT2D eigenvalue weighted by Gasteiger charge is 2.04. The van der Waals surface area contributed by atoms with Gasteiger partial charge in [0.15, 0.2) is 0 Å². The van der Waals surface area contributed by atoms with Gasteiger partial charge in [-0.3, -0.25) is 10.2 Å². The van der Waals surface area contributed by atoms with Gasteiger partial charge in [-0.2, -0.15) is 4.99 Å². The van der Waals surface area contributed by atoms with E-state index in [0.29, 0.717) is 22.7 Å². The minimum Gasteiger partial charge on any atom is -0.277 e. The predicted octanol–water partition coefficient (Wildman–Crippen LogP) is 1.52. The standard InChI is InChI=1S/C10H10ClN3O2/c1-7(13-10(16)14-12-6-15)8-4-2-3-5-9(8)11/h2-6H,1H3,(H,12,15)(H,14,16)/b13-7+. The lowest BCUT2D eigenvalue weighted by molar-refractivity contribution is -0.110. The van der Waals surface area contributed by atoms with Gasteiger partial charge >= 0.3 is 6.03 Å². The van der Waals surface area contributed by atoms with Crippen LogP contribution in [0.25, 0.3) is 0 Å². The van der Waals surface area contributed by atoms with Gasteiger partial charge in [-0.25, -0.2) is 10.2 Å². The van der Waals surface area contributed by atoms with Gasteiger partial charge in [-0.1, -0.05) is 29.8 Å². The molecule has 0 heterocycles. The Balaban J connectivity index is 2.81. The molecule has 0 aliphatic heterocycles. The van der Waals surface area contributed by atoms with Crippen molar-refractivity contribution in [3.8, 4) is 0 Å². The van der Waals surface area contributed by atoms with E-state index >= 15 is 0 Å². The second kappa shape index (κ2) is 5.87. The highest BCUT2D eigenvalue weighted by molar-refractivity contribution is 6.34. The molecule has 0 saturated heterocycles. The number of nitrogens with zero attached hydrogens (tertiary/aromatic N) is 1. The molecule has 0 radical (unpaired) electrons. The Bertz CT molecular complexity index is 432. The number of hydrogen-bond acceptors (Lipinski definition) is 2. The van der Waals surface area contributed by atoms with E-state index in [4.69, 9.17) is 11.6 Å². The SMILES string of the molecule is C/C(=N\C(=O)NNC=O)c1ccccc1Cl. The molecule has 0 unspecified atom stereocenters. The maximum Gasteiger partial charge on any atom is 0.359 e. The Morgan fingerprint density at radius 3 is 2.75 bits per heavy atom. The zero-order chi connectivity index (χ0) is 12.0. The average molecular weight is 240 g/mol. The van der Waals surface area contributed by atoms with Crippen LogP contribution in [0.3, 0.4) is 0 Å². The van der Waals surface area contributed by atoms with Crippen molar-refractivity contribution in [3.63, 3.8) is 0 Å². The van der Waals surface area contributed by atoms with Crippen LogP contribution in [0.15, 0.2) is 29.3 Å². The summed E-state index contributed by atoms with van der Waals surface area (Å²) in [6, 6.07) is 6.37. The van der Waals surface area contributed by atoms with E-state index in [1.165, 1.54) is 0 Å². The summed E-state index contributed by atoms with van der Waals surface area (Å²) < 4.78 is 0. The molecule has 0 aromatic heterocycles. The third-order valence-electron chi connectivity index (χ3n) is 1.77. The molecular weight excluding hydrogens is 230 g/mol. The number of hydrazine groups is 1. The quantitative estimate of drug-likeness (QED) is 0.477. The third-order valence-corrected chi connectivity index (χ3v) is 2.10. The number of rotatable bonds is 3. The number of carbonyl (C=O) groups is 2. The number of benzene rings is 1. The first-order chi connectivity index (χ1) is 7.65. The minimum absolute atomic E-state index is 0.345. The summed E-state index contributed by atoms with van der Waals surface area (Å²) in [4.78, 5) is 24.8. The van der Waals surface area contributed by atoms with Crippen molar-refractivity contribution in [3.05, 3.63) is 34.9 Å². The zero-order valence-electron chi connectivity index (χ0n) is 8.53. The summed E-state index contributed by atoms with van der Waals surface area (Å²) in [5.74, 6) is 0. The van der Waals surface area contributed by atoms with Crippen molar-refractivity contribution in [2.45, 2.75) is 6.92 Å². The van der Waals surface area contributed by atoms with Crippen molar-refractivity contribution in [1.29, 1.82) is 0 Å². The minimum atomic E-state index is -0.662. The molecule has 3 amide bonds. The van der Waals surface area contributed by atoms with Crippen LogP contribution in [-0.2, 0) is 4.79 Å². The van der Waals surface area contributed by atoms with Crippen LogP contribution in [-0.4, -0.2) is 18.2 Å². The van der Waals surface area contributed by atoms with Gasteiger partial charge in [0.2, 0.25) is 6.41 Å². The Kier molecular flexibility index (Phi) is 4.47. The largest absolute Gasteiger partial charge is 0.359 e. The lowest BCUT2D eigenvalue weighted by atomic mass is 10.1. The van der Waals surface area contributed by atoms with Crippen LogP contribution in [0.1, 0.15) is 12.5 Å². The van der Waals surface area contributed by atoms with Crippen LogP contribution >= 0.6 is 11.6 Å². The Morgan fingerprint density at radius 1 is 1.44 bits per heavy atom. The Labute approximate surface area is 97.5 Å². The smallest absolute Gasteiger partial charge is 0.277 e. The molecule has 0 saturated carbocycles. The molecule has 5 nitrogen and oxygen atoms in total. The fourth-order valence-corrected chi connectivity index (χ4v) is 1.36. The molecular formula is C10H10ClN3O2. The van der Waals surface area contributed by atoms with E-state index in [1.54, 1.807) is 31.2 Å². The molecule has 2 N–H and O–H groups in total. The van der Waals surface area contributed by atoms with E-state index in [-0.39, 0.29) is 0 Å². The van der Waals surface area contributed by atoms with Gasteiger partial charge < -0.3 is 0 Å². The number of nitrogens with one attached hydrogen (secondary N) is 2. The second-order valence-corrected chi connectivity index (χ2v) is 3.28. The highest BCUT2D eigenvalue weighted by Crippen LogP contribution is 2.15. The molecule has 84 valence electrons. The lowest BCUT2D eigenvalue weighted by Crippen LogP contribution is -2.34. The first-order valence-corrected chi connectivity index (χ1v) is 4.82. The first kappa shape index (κ1) is 12.2. The Hall–Kier alpha value is -1.88. The van der Waals surface area contributed by atoms with Crippen molar-refractivity contribution in [1.82, 2.24) is 10.9 Å². The normalized spacial score (nSPS) is 10.8. The molecule has 0 spiro atoms. The average Bonchev–Trinajstić information content (AvgIpc) is 2.26. The highest BCUT2D eigenvalue weighted by atomic mass is 35.5. The first-order valence-electron chi connectivity index (χ1n) is 4.44. The monoisotopic (exact) mass is 239 g/mol. The number of aliphatic imine (C=N–C) groups is 1. The third kappa shape index (κ3) is 3.36. The summed E-state index contributed by atoms with van der Waals surface area (Å²) >= 11 is 5.92. The number of hydrogen-bond donors (Lipinski definition) is 2. The van der Waals surface area contributed by atoms with Gasteiger partial charge in [-0.05, 0) is 13.0 Å². The van der Waals surface area contributed by atoms with Crippen LogP contribution in [0.2, 0.25) is 5.02 Å². The maximum absolute atomic E-state index is 11.1. The molecule has 1 aromatic rings. The van der Waals surface area contributed by atoms with Crippen molar-refractivity contribution < 1.29 is 9.59 Å². The van der Waals surface area contributed by atoms with Crippen LogP contribution in [0.4, 0.5) is 4.79 Å². The van der Waals surface area contributed by atoms with E-state index in [0.717, 1.165) is 0 Å². The van der Waals surface area contributed by atoms with Gasteiger partial charge in [0.25, 0.3) is 0 Å². The van der Waals surface area contributed by atoms with Crippen LogP contribution < -0.4 is 10.9 Å². The van der Waals surface area contributed by atoms with Crippen LogP contribution in [0.5, 0.6) is 0 Å². The molecule has 0 bridgehead atoms. The Morgan fingerprint density at radius 2 is 2.12 bits per heavy atom.